The number of aliphatic hydroxyl groups is 4. The summed E-state index contributed by atoms with van der Waals surface area (Å²) in [5.74, 6) is -0.868. The first-order valence-electron chi connectivity index (χ1n) is 23.1. The van der Waals surface area contributed by atoms with Crippen molar-refractivity contribution in [1.82, 2.24) is 0 Å². The first-order chi connectivity index (χ1) is 28.8. The highest BCUT2D eigenvalue weighted by Crippen LogP contribution is 2.22. The van der Waals surface area contributed by atoms with Gasteiger partial charge in [-0.2, -0.15) is 0 Å². The Morgan fingerprint density at radius 3 is 1.64 bits per heavy atom. The Labute approximate surface area is 357 Å². The molecule has 0 radical (unpaired) electrons. The second-order valence-corrected chi connectivity index (χ2v) is 15.6. The second-order valence-electron chi connectivity index (χ2n) is 15.6. The molecular formula is C49H82O10. The van der Waals surface area contributed by atoms with Crippen molar-refractivity contribution < 1.29 is 49.0 Å². The largest absolute Gasteiger partial charge is 0.462 e. The Balaban J connectivity index is 2.37. The number of unbranched alkanes of at least 4 members (excludes halogenated alkanes) is 16. The van der Waals surface area contributed by atoms with Gasteiger partial charge in [0.05, 0.1) is 13.2 Å². The van der Waals surface area contributed by atoms with Crippen molar-refractivity contribution in [3.05, 3.63) is 66.5 Å². The molecule has 0 aromatic carbocycles. The number of esters is 2. The fourth-order valence-corrected chi connectivity index (χ4v) is 6.44. The van der Waals surface area contributed by atoms with Gasteiger partial charge in [0.1, 0.15) is 31.0 Å². The molecule has 0 saturated carbocycles. The summed E-state index contributed by atoms with van der Waals surface area (Å²) in [7, 11) is 0. The third-order valence-corrected chi connectivity index (χ3v) is 10.1. The van der Waals surface area contributed by atoms with Crippen LogP contribution < -0.4 is 0 Å². The summed E-state index contributed by atoms with van der Waals surface area (Å²) in [6.07, 6.45) is 38.6. The summed E-state index contributed by atoms with van der Waals surface area (Å²) in [5.41, 5.74) is 3.29. The lowest BCUT2D eigenvalue weighted by Crippen LogP contribution is -2.59. The van der Waals surface area contributed by atoms with Crippen molar-refractivity contribution in [2.45, 2.75) is 211 Å². The summed E-state index contributed by atoms with van der Waals surface area (Å²) >= 11 is 0. The quantitative estimate of drug-likeness (QED) is 0.0206. The van der Waals surface area contributed by atoms with Crippen LogP contribution in [0.4, 0.5) is 0 Å². The summed E-state index contributed by atoms with van der Waals surface area (Å²) in [6.45, 7) is 3.31. The normalized spacial score (nSPS) is 20.1. The highest BCUT2D eigenvalue weighted by molar-refractivity contribution is 5.70. The molecule has 59 heavy (non-hydrogen) atoms. The van der Waals surface area contributed by atoms with Gasteiger partial charge < -0.3 is 39.4 Å². The fraction of sp³-hybridized carbons (Fsp3) is 0.735. The SMILES string of the molecule is CCCCC/C=C/C/C=C/C/C=C/C/C=C/CCCCCC(=O)OC[C@@H](CO[C@H]1O[C@@H](CO)[C@@H](O)C(O)C1O)OC(=O)CCCCCCCC=C=CCCCCCCC. The van der Waals surface area contributed by atoms with E-state index in [-0.39, 0.29) is 26.1 Å². The Morgan fingerprint density at radius 2 is 1.05 bits per heavy atom. The number of rotatable bonds is 37. The van der Waals surface area contributed by atoms with E-state index >= 15 is 0 Å². The van der Waals surface area contributed by atoms with Gasteiger partial charge in [0.25, 0.3) is 0 Å². The topological polar surface area (TPSA) is 152 Å². The Morgan fingerprint density at radius 1 is 0.576 bits per heavy atom. The van der Waals surface area contributed by atoms with Crippen molar-refractivity contribution in [3.8, 4) is 0 Å². The maximum absolute atomic E-state index is 12.8. The molecular weight excluding hydrogens is 749 g/mol. The molecule has 0 spiro atoms. The summed E-state index contributed by atoms with van der Waals surface area (Å²) in [4.78, 5) is 25.3. The van der Waals surface area contributed by atoms with Crippen LogP contribution in [-0.4, -0.2) is 89.0 Å². The zero-order chi connectivity index (χ0) is 43.0. The van der Waals surface area contributed by atoms with E-state index in [1.165, 1.54) is 57.8 Å². The number of carbonyl (C=O) groups is 2. The van der Waals surface area contributed by atoms with Gasteiger partial charge in [-0.1, -0.05) is 127 Å². The van der Waals surface area contributed by atoms with Gasteiger partial charge in [-0.25, -0.2) is 0 Å². The van der Waals surface area contributed by atoms with E-state index in [1.807, 2.05) is 0 Å². The average molecular weight is 831 g/mol. The van der Waals surface area contributed by atoms with E-state index in [4.69, 9.17) is 18.9 Å². The number of carbonyl (C=O) groups excluding carboxylic acids is 2. The summed E-state index contributed by atoms with van der Waals surface area (Å²) in [5, 5.41) is 40.1. The maximum Gasteiger partial charge on any atom is 0.306 e. The smallest absolute Gasteiger partial charge is 0.306 e. The highest BCUT2D eigenvalue weighted by Gasteiger charge is 2.44. The van der Waals surface area contributed by atoms with Crippen LogP contribution in [0, 0.1) is 0 Å². The van der Waals surface area contributed by atoms with Crippen LogP contribution in [-0.2, 0) is 28.5 Å². The number of hydrogen-bond donors (Lipinski definition) is 4. The average Bonchev–Trinajstić information content (AvgIpc) is 3.23. The van der Waals surface area contributed by atoms with E-state index in [0.29, 0.717) is 12.8 Å². The van der Waals surface area contributed by atoms with Gasteiger partial charge in [0.15, 0.2) is 12.4 Å². The molecule has 0 aliphatic carbocycles. The zero-order valence-corrected chi connectivity index (χ0v) is 36.8. The molecule has 0 aromatic heterocycles. The summed E-state index contributed by atoms with van der Waals surface area (Å²) in [6, 6.07) is 0. The van der Waals surface area contributed by atoms with Crippen molar-refractivity contribution in [1.29, 1.82) is 0 Å². The Hall–Kier alpha value is -2.82. The van der Waals surface area contributed by atoms with E-state index in [1.54, 1.807) is 0 Å². The molecule has 1 rings (SSSR count). The number of aliphatic hydroxyl groups excluding tert-OH is 4. The van der Waals surface area contributed by atoms with Gasteiger partial charge in [-0.05, 0) is 95.6 Å². The van der Waals surface area contributed by atoms with Crippen LogP contribution in [0.3, 0.4) is 0 Å². The standard InChI is InChI=1S/C49H82O10/c1-3-5-7-9-11-13-15-17-19-20-21-22-24-25-27-29-31-33-35-37-44(51)56-40-42(41-57-49-48(55)47(54)46(53)43(39-50)59-49)58-45(52)38-36-34-32-30-28-26-23-18-16-14-12-10-8-6-4-2/h11,13,16-17,19,21-23,25,27,42-43,46-50,53-55H,3-10,12,14-15,20,24,26,28-41H2,1-2H3/b13-11+,19-17+,22-21+,27-25+/t18?,42-,43-,46+,47?,48?,49-/m0/s1. The Kier molecular flexibility index (Phi) is 36.1. The number of allylic oxidation sites excluding steroid dienone is 9. The van der Waals surface area contributed by atoms with Gasteiger partial charge >= 0.3 is 11.9 Å². The maximum atomic E-state index is 12.8. The number of hydrogen-bond acceptors (Lipinski definition) is 10. The molecule has 0 amide bonds. The molecule has 1 fully saturated rings. The molecule has 6 atom stereocenters. The van der Waals surface area contributed by atoms with Crippen LogP contribution >= 0.6 is 0 Å². The highest BCUT2D eigenvalue weighted by atomic mass is 16.7. The molecule has 1 heterocycles. The molecule has 10 nitrogen and oxygen atoms in total. The van der Waals surface area contributed by atoms with E-state index < -0.39 is 55.4 Å². The molecule has 0 bridgehead atoms. The van der Waals surface area contributed by atoms with Gasteiger partial charge in [0, 0.05) is 12.8 Å². The van der Waals surface area contributed by atoms with Crippen LogP contribution in [0.5, 0.6) is 0 Å². The van der Waals surface area contributed by atoms with E-state index in [9.17, 15) is 30.0 Å². The molecule has 338 valence electrons. The lowest BCUT2D eigenvalue weighted by Gasteiger charge is -2.39. The van der Waals surface area contributed by atoms with Gasteiger partial charge in [-0.3, -0.25) is 9.59 Å². The second kappa shape index (κ2) is 39.3. The molecule has 1 aliphatic rings. The summed E-state index contributed by atoms with van der Waals surface area (Å²) < 4.78 is 22.1. The Bertz CT molecular complexity index is 1200. The first-order valence-corrected chi connectivity index (χ1v) is 23.1. The first kappa shape index (κ1) is 54.2. The minimum absolute atomic E-state index is 0.199. The molecule has 1 saturated heterocycles. The predicted molar refractivity (Wildman–Crippen MR) is 237 cm³/mol. The minimum Gasteiger partial charge on any atom is -0.462 e. The van der Waals surface area contributed by atoms with Crippen LogP contribution in [0.25, 0.3) is 0 Å². The molecule has 4 N–H and O–H groups in total. The lowest BCUT2D eigenvalue weighted by molar-refractivity contribution is -0.305. The zero-order valence-electron chi connectivity index (χ0n) is 36.8. The number of ether oxygens (including phenoxy) is 4. The van der Waals surface area contributed by atoms with E-state index in [2.05, 4.69) is 80.3 Å². The molecule has 1 aliphatic heterocycles. The monoisotopic (exact) mass is 831 g/mol. The van der Waals surface area contributed by atoms with E-state index in [0.717, 1.165) is 77.0 Å². The minimum atomic E-state index is -1.61. The lowest BCUT2D eigenvalue weighted by atomic mass is 9.99. The third kappa shape index (κ3) is 30.8. The predicted octanol–water partition coefficient (Wildman–Crippen LogP) is 9.99. The van der Waals surface area contributed by atoms with Crippen molar-refractivity contribution in [2.75, 3.05) is 19.8 Å². The van der Waals surface area contributed by atoms with Crippen LogP contribution in [0.2, 0.25) is 0 Å². The van der Waals surface area contributed by atoms with Crippen molar-refractivity contribution in [2.24, 2.45) is 0 Å². The van der Waals surface area contributed by atoms with Crippen LogP contribution in [0.15, 0.2) is 66.5 Å². The van der Waals surface area contributed by atoms with Gasteiger partial charge in [-0.15, -0.1) is 5.73 Å². The van der Waals surface area contributed by atoms with Crippen LogP contribution in [0.1, 0.15) is 174 Å². The van der Waals surface area contributed by atoms with Crippen molar-refractivity contribution >= 4 is 11.9 Å². The molecule has 2 unspecified atom stereocenters. The fourth-order valence-electron chi connectivity index (χ4n) is 6.44. The van der Waals surface area contributed by atoms with Gasteiger partial charge in [0.2, 0.25) is 0 Å². The van der Waals surface area contributed by atoms with Crippen molar-refractivity contribution in [3.63, 3.8) is 0 Å². The molecule has 10 heteroatoms. The molecule has 0 aromatic rings. The third-order valence-electron chi connectivity index (χ3n) is 10.1.